The van der Waals surface area contributed by atoms with Gasteiger partial charge >= 0.3 is 12.1 Å². The molecule has 0 bridgehead atoms. The van der Waals surface area contributed by atoms with Crippen molar-refractivity contribution in [2.45, 2.75) is 77.7 Å². The molecule has 1 heterocycles. The first-order valence-corrected chi connectivity index (χ1v) is 9.20. The molecule has 25 heavy (non-hydrogen) atoms. The number of hydrogen-bond donors (Lipinski definition) is 2. The maximum absolute atomic E-state index is 12.3. The number of alkyl carbamates (subject to hydrolysis) is 1. The quantitative estimate of drug-likeness (QED) is 0.736. The van der Waals surface area contributed by atoms with Gasteiger partial charge in [-0.05, 0) is 33.1 Å². The van der Waals surface area contributed by atoms with Crippen molar-refractivity contribution in [2.75, 3.05) is 7.11 Å². The van der Waals surface area contributed by atoms with Gasteiger partial charge in [0.15, 0.2) is 0 Å². The Hall–Kier alpha value is -1.34. The van der Waals surface area contributed by atoms with E-state index in [4.69, 9.17) is 14.3 Å². The predicted molar refractivity (Wildman–Crippen MR) is 92.6 cm³/mol. The van der Waals surface area contributed by atoms with Crippen molar-refractivity contribution in [3.8, 4) is 0 Å². The molecule has 1 amide bonds. The summed E-state index contributed by atoms with van der Waals surface area (Å²) in [6.45, 7) is 9.77. The molecule has 0 radical (unpaired) electrons. The van der Waals surface area contributed by atoms with Gasteiger partial charge in [0.25, 0.3) is 0 Å². The molecule has 0 aromatic carbocycles. The smallest absolute Gasteiger partial charge is 0.407 e. The highest BCUT2D eigenvalue weighted by atomic mass is 16.7. The fourth-order valence-corrected chi connectivity index (χ4v) is 4.12. The average Bonchev–Trinajstić information content (AvgIpc) is 3.08. The number of hydroxylamine groups is 1. The summed E-state index contributed by atoms with van der Waals surface area (Å²) in [6, 6.07) is -0.0980. The van der Waals surface area contributed by atoms with Crippen LogP contribution in [0.15, 0.2) is 0 Å². The van der Waals surface area contributed by atoms with Crippen molar-refractivity contribution in [1.82, 2.24) is 10.8 Å². The van der Waals surface area contributed by atoms with Gasteiger partial charge in [0.1, 0.15) is 5.60 Å². The van der Waals surface area contributed by atoms with Crippen molar-refractivity contribution in [3.05, 3.63) is 0 Å². The van der Waals surface area contributed by atoms with Crippen molar-refractivity contribution in [1.29, 1.82) is 0 Å². The lowest BCUT2D eigenvalue weighted by Crippen LogP contribution is -2.47. The molecule has 1 saturated carbocycles. The molecule has 2 unspecified atom stereocenters. The zero-order chi connectivity index (χ0) is 18.8. The normalized spacial score (nSPS) is 31.7. The predicted octanol–water partition coefficient (Wildman–Crippen LogP) is 2.40. The highest BCUT2D eigenvalue weighted by Gasteiger charge is 2.56. The standard InChI is InChI=1S/C18H32N2O5/c1-7-10(8-2)14-13-12(19-17(22)24-18(3,4)5)9-11(16(21)23-6)15(13)25-20-14/h10-15,20H,7-9H2,1-6H3,(H,19,22)/t11-,12+,13+,14?,15?/m0/s1. The molecule has 5 atom stereocenters. The summed E-state index contributed by atoms with van der Waals surface area (Å²) in [5.74, 6) is -0.256. The lowest BCUT2D eigenvalue weighted by atomic mass is 9.82. The average molecular weight is 356 g/mol. The highest BCUT2D eigenvalue weighted by molar-refractivity contribution is 5.74. The zero-order valence-electron chi connectivity index (χ0n) is 16.1. The van der Waals surface area contributed by atoms with Crippen LogP contribution in [0.25, 0.3) is 0 Å². The van der Waals surface area contributed by atoms with E-state index in [9.17, 15) is 9.59 Å². The van der Waals surface area contributed by atoms with Crippen molar-refractivity contribution < 1.29 is 23.9 Å². The third-order valence-electron chi connectivity index (χ3n) is 5.27. The monoisotopic (exact) mass is 356 g/mol. The number of hydrogen-bond acceptors (Lipinski definition) is 6. The second-order valence-electron chi connectivity index (χ2n) is 8.00. The fraction of sp³-hybridized carbons (Fsp3) is 0.889. The fourth-order valence-electron chi connectivity index (χ4n) is 4.12. The van der Waals surface area contributed by atoms with Crippen LogP contribution in [0.1, 0.15) is 53.9 Å². The molecule has 1 saturated heterocycles. The first kappa shape index (κ1) is 20.0. The van der Waals surface area contributed by atoms with Gasteiger partial charge in [-0.1, -0.05) is 26.7 Å². The van der Waals surface area contributed by atoms with E-state index in [2.05, 4.69) is 24.6 Å². The molecule has 0 aromatic heterocycles. The first-order valence-electron chi connectivity index (χ1n) is 9.20. The highest BCUT2D eigenvalue weighted by Crippen LogP contribution is 2.43. The summed E-state index contributed by atoms with van der Waals surface area (Å²) in [4.78, 5) is 30.2. The van der Waals surface area contributed by atoms with E-state index in [1.54, 1.807) is 0 Å². The maximum atomic E-state index is 12.3. The number of esters is 1. The SMILES string of the molecule is CCC(CC)C1NOC2[C@@H]1[C@H](NC(=O)OC(C)(C)C)C[C@@H]2C(=O)OC. The molecule has 0 spiro atoms. The number of carbonyl (C=O) groups is 2. The molecular formula is C18H32N2O5. The van der Waals surface area contributed by atoms with Crippen molar-refractivity contribution in [2.24, 2.45) is 17.8 Å². The Morgan fingerprint density at radius 2 is 1.92 bits per heavy atom. The molecular weight excluding hydrogens is 324 g/mol. The van der Waals surface area contributed by atoms with E-state index in [0.29, 0.717) is 12.3 Å². The van der Waals surface area contributed by atoms with Crippen LogP contribution in [0.5, 0.6) is 0 Å². The number of fused-ring (bicyclic) bond motifs is 1. The molecule has 2 N–H and O–H groups in total. The van der Waals surface area contributed by atoms with E-state index >= 15 is 0 Å². The second kappa shape index (κ2) is 7.91. The Balaban J connectivity index is 2.18. The molecule has 1 aliphatic carbocycles. The van der Waals surface area contributed by atoms with Gasteiger partial charge in [-0.2, -0.15) is 5.48 Å². The van der Waals surface area contributed by atoms with Gasteiger partial charge in [-0.3, -0.25) is 9.63 Å². The van der Waals surface area contributed by atoms with Gasteiger partial charge in [0.05, 0.1) is 19.1 Å². The number of carbonyl (C=O) groups excluding carboxylic acids is 2. The van der Waals surface area contributed by atoms with Crippen LogP contribution in [0.2, 0.25) is 0 Å². The Bertz CT molecular complexity index is 486. The van der Waals surface area contributed by atoms with Gasteiger partial charge in [0, 0.05) is 18.0 Å². The zero-order valence-corrected chi connectivity index (χ0v) is 16.1. The number of rotatable bonds is 5. The maximum Gasteiger partial charge on any atom is 0.407 e. The molecule has 1 aliphatic heterocycles. The van der Waals surface area contributed by atoms with Gasteiger partial charge in [0.2, 0.25) is 0 Å². The number of methoxy groups -OCH3 is 1. The second-order valence-corrected chi connectivity index (χ2v) is 8.00. The summed E-state index contributed by atoms with van der Waals surface area (Å²) in [5.41, 5.74) is 2.55. The van der Waals surface area contributed by atoms with Crippen LogP contribution >= 0.6 is 0 Å². The Morgan fingerprint density at radius 1 is 1.28 bits per heavy atom. The van der Waals surface area contributed by atoms with E-state index in [0.717, 1.165) is 12.8 Å². The molecule has 144 valence electrons. The number of amides is 1. The first-order chi connectivity index (χ1) is 11.7. The topological polar surface area (TPSA) is 85.9 Å². The molecule has 2 aliphatic rings. The lowest BCUT2D eigenvalue weighted by Gasteiger charge is -2.30. The largest absolute Gasteiger partial charge is 0.469 e. The van der Waals surface area contributed by atoms with Crippen LogP contribution in [0.3, 0.4) is 0 Å². The Morgan fingerprint density at radius 3 is 2.44 bits per heavy atom. The minimum Gasteiger partial charge on any atom is -0.469 e. The van der Waals surface area contributed by atoms with Crippen LogP contribution < -0.4 is 10.8 Å². The molecule has 2 rings (SSSR count). The van der Waals surface area contributed by atoms with Gasteiger partial charge in [-0.25, -0.2) is 4.79 Å². The molecule has 7 nitrogen and oxygen atoms in total. The van der Waals surface area contributed by atoms with Crippen molar-refractivity contribution >= 4 is 12.1 Å². The van der Waals surface area contributed by atoms with Crippen LogP contribution in [0.4, 0.5) is 4.79 Å². The van der Waals surface area contributed by atoms with E-state index in [1.165, 1.54) is 7.11 Å². The summed E-state index contributed by atoms with van der Waals surface area (Å²) in [6.07, 6.45) is 1.75. The third kappa shape index (κ3) is 4.44. The van der Waals surface area contributed by atoms with E-state index in [1.807, 2.05) is 20.8 Å². The molecule has 7 heteroatoms. The third-order valence-corrected chi connectivity index (χ3v) is 5.27. The van der Waals surface area contributed by atoms with Crippen LogP contribution in [-0.2, 0) is 19.1 Å². The minimum atomic E-state index is -0.566. The van der Waals surface area contributed by atoms with E-state index < -0.39 is 11.7 Å². The number of ether oxygens (including phenoxy) is 2. The van der Waals surface area contributed by atoms with Gasteiger partial charge < -0.3 is 14.8 Å². The van der Waals surface area contributed by atoms with Gasteiger partial charge in [-0.15, -0.1) is 0 Å². The lowest BCUT2D eigenvalue weighted by molar-refractivity contribution is -0.150. The van der Waals surface area contributed by atoms with Crippen LogP contribution in [-0.4, -0.2) is 43.0 Å². The Labute approximate surface area is 150 Å². The summed E-state index contributed by atoms with van der Waals surface area (Å²) in [7, 11) is 1.38. The van der Waals surface area contributed by atoms with Crippen molar-refractivity contribution in [3.63, 3.8) is 0 Å². The summed E-state index contributed by atoms with van der Waals surface area (Å²) >= 11 is 0. The molecule has 0 aromatic rings. The Kier molecular flexibility index (Phi) is 6.32. The number of nitrogens with one attached hydrogen (secondary N) is 2. The summed E-state index contributed by atoms with van der Waals surface area (Å²) < 4.78 is 10.3. The van der Waals surface area contributed by atoms with Crippen LogP contribution in [0, 0.1) is 17.8 Å². The van der Waals surface area contributed by atoms with E-state index in [-0.39, 0.29) is 36.0 Å². The minimum absolute atomic E-state index is 0.0153. The summed E-state index contributed by atoms with van der Waals surface area (Å²) in [5, 5.41) is 2.96. The molecule has 2 fully saturated rings.